The van der Waals surface area contributed by atoms with E-state index < -0.39 is 5.82 Å². The Morgan fingerprint density at radius 1 is 1.30 bits per heavy atom. The zero-order chi connectivity index (χ0) is 16.8. The van der Waals surface area contributed by atoms with Crippen LogP contribution in [0.2, 0.25) is 0 Å². The Bertz CT molecular complexity index is 672. The van der Waals surface area contributed by atoms with Gasteiger partial charge in [0.15, 0.2) is 11.6 Å². The fourth-order valence-corrected chi connectivity index (χ4v) is 1.92. The second-order valence-electron chi connectivity index (χ2n) is 5.20. The maximum absolute atomic E-state index is 13.6. The van der Waals surface area contributed by atoms with Gasteiger partial charge in [0.1, 0.15) is 0 Å². The minimum atomic E-state index is -0.572. The number of carbonyl (C=O) groups excluding carboxylic acids is 1. The summed E-state index contributed by atoms with van der Waals surface area (Å²) in [7, 11) is 1.37. The molecule has 5 nitrogen and oxygen atoms in total. The predicted octanol–water partition coefficient (Wildman–Crippen LogP) is 2.95. The summed E-state index contributed by atoms with van der Waals surface area (Å²) >= 11 is 0. The fraction of sp³-hybridized carbons (Fsp3) is 0.294. The van der Waals surface area contributed by atoms with Crippen molar-refractivity contribution in [2.45, 2.75) is 26.5 Å². The van der Waals surface area contributed by atoms with Gasteiger partial charge in [-0.25, -0.2) is 9.37 Å². The maximum atomic E-state index is 13.6. The van der Waals surface area contributed by atoms with Gasteiger partial charge in [0, 0.05) is 24.4 Å². The summed E-state index contributed by atoms with van der Waals surface area (Å²) in [5.74, 6) is -0.301. The third-order valence-corrected chi connectivity index (χ3v) is 3.02. The molecule has 0 atom stereocenters. The van der Waals surface area contributed by atoms with Crippen LogP contribution < -0.4 is 14.8 Å². The first-order chi connectivity index (χ1) is 11.0. The SMILES string of the molecule is COc1ccc(C(=O)NCc2ccc(OC(C)C)nc2)cc1F. The smallest absolute Gasteiger partial charge is 0.251 e. The Balaban J connectivity index is 1.95. The molecule has 6 heteroatoms. The van der Waals surface area contributed by atoms with Crippen molar-refractivity contribution in [2.24, 2.45) is 0 Å². The van der Waals surface area contributed by atoms with Gasteiger partial charge in [-0.3, -0.25) is 4.79 Å². The van der Waals surface area contributed by atoms with Gasteiger partial charge >= 0.3 is 0 Å². The van der Waals surface area contributed by atoms with E-state index in [9.17, 15) is 9.18 Å². The van der Waals surface area contributed by atoms with Crippen molar-refractivity contribution in [1.29, 1.82) is 0 Å². The predicted molar refractivity (Wildman–Crippen MR) is 84.1 cm³/mol. The van der Waals surface area contributed by atoms with Crippen molar-refractivity contribution in [3.63, 3.8) is 0 Å². The highest BCUT2D eigenvalue weighted by Crippen LogP contribution is 2.17. The van der Waals surface area contributed by atoms with Crippen LogP contribution in [0, 0.1) is 5.82 Å². The lowest BCUT2D eigenvalue weighted by molar-refractivity contribution is 0.0950. The molecule has 0 aliphatic heterocycles. The van der Waals surface area contributed by atoms with Gasteiger partial charge in [0.05, 0.1) is 13.2 Å². The van der Waals surface area contributed by atoms with Crippen LogP contribution in [0.15, 0.2) is 36.5 Å². The van der Waals surface area contributed by atoms with Crippen molar-refractivity contribution in [2.75, 3.05) is 7.11 Å². The van der Waals surface area contributed by atoms with Crippen LogP contribution in [0.4, 0.5) is 4.39 Å². The quantitative estimate of drug-likeness (QED) is 0.889. The molecule has 122 valence electrons. The molecule has 1 aromatic carbocycles. The van der Waals surface area contributed by atoms with Crippen LogP contribution in [0.3, 0.4) is 0 Å². The zero-order valence-electron chi connectivity index (χ0n) is 13.3. The summed E-state index contributed by atoms with van der Waals surface area (Å²) in [4.78, 5) is 16.2. The number of rotatable bonds is 6. The number of nitrogens with one attached hydrogen (secondary N) is 1. The summed E-state index contributed by atoms with van der Waals surface area (Å²) in [5.41, 5.74) is 1.06. The first-order valence-electron chi connectivity index (χ1n) is 7.23. The third kappa shape index (κ3) is 4.67. The molecule has 0 bridgehead atoms. The number of hydrogen-bond donors (Lipinski definition) is 1. The standard InChI is InChI=1S/C17H19FN2O3/c1-11(2)23-16-7-4-12(9-19-16)10-20-17(21)13-5-6-15(22-3)14(18)8-13/h4-9,11H,10H2,1-3H3,(H,20,21). The molecule has 1 heterocycles. The van der Waals surface area contributed by atoms with Crippen LogP contribution in [0.1, 0.15) is 29.8 Å². The van der Waals surface area contributed by atoms with Crippen molar-refractivity contribution >= 4 is 5.91 Å². The van der Waals surface area contributed by atoms with E-state index in [4.69, 9.17) is 9.47 Å². The average Bonchev–Trinajstić information content (AvgIpc) is 2.53. The van der Waals surface area contributed by atoms with Gasteiger partial charge in [-0.1, -0.05) is 6.07 Å². The Hall–Kier alpha value is -2.63. The van der Waals surface area contributed by atoms with Gasteiger partial charge in [0.25, 0.3) is 5.91 Å². The van der Waals surface area contributed by atoms with Gasteiger partial charge < -0.3 is 14.8 Å². The van der Waals surface area contributed by atoms with E-state index in [0.29, 0.717) is 12.4 Å². The Labute approximate surface area is 134 Å². The van der Waals surface area contributed by atoms with Crippen LogP contribution in [-0.2, 0) is 6.54 Å². The Kier molecular flexibility index (Phi) is 5.51. The number of amides is 1. The van der Waals surface area contributed by atoms with Crippen LogP contribution in [0.5, 0.6) is 11.6 Å². The third-order valence-electron chi connectivity index (χ3n) is 3.02. The average molecular weight is 318 g/mol. The molecule has 1 aromatic heterocycles. The molecule has 0 radical (unpaired) electrons. The van der Waals surface area contributed by atoms with E-state index in [1.807, 2.05) is 19.9 Å². The molecule has 23 heavy (non-hydrogen) atoms. The highest BCUT2D eigenvalue weighted by molar-refractivity contribution is 5.94. The molecule has 2 rings (SSSR count). The fourth-order valence-electron chi connectivity index (χ4n) is 1.92. The van der Waals surface area contributed by atoms with E-state index in [1.165, 1.54) is 19.2 Å². The summed E-state index contributed by atoms with van der Waals surface area (Å²) in [6, 6.07) is 7.64. The van der Waals surface area contributed by atoms with E-state index in [2.05, 4.69) is 10.3 Å². The highest BCUT2D eigenvalue weighted by atomic mass is 19.1. The van der Waals surface area contributed by atoms with Crippen molar-refractivity contribution in [3.05, 3.63) is 53.5 Å². The first kappa shape index (κ1) is 16.7. The molecule has 1 amide bonds. The lowest BCUT2D eigenvalue weighted by Crippen LogP contribution is -2.23. The molecule has 0 fully saturated rings. The van der Waals surface area contributed by atoms with E-state index >= 15 is 0 Å². The number of hydrogen-bond acceptors (Lipinski definition) is 4. The molecule has 0 spiro atoms. The molecule has 2 aromatic rings. The highest BCUT2D eigenvalue weighted by Gasteiger charge is 2.10. The van der Waals surface area contributed by atoms with E-state index in [1.54, 1.807) is 12.3 Å². The number of aromatic nitrogens is 1. The number of carbonyl (C=O) groups is 1. The zero-order valence-corrected chi connectivity index (χ0v) is 13.3. The van der Waals surface area contributed by atoms with Gasteiger partial charge in [0.2, 0.25) is 5.88 Å². The van der Waals surface area contributed by atoms with Crippen LogP contribution in [-0.4, -0.2) is 24.1 Å². The normalized spacial score (nSPS) is 10.5. The van der Waals surface area contributed by atoms with Crippen molar-refractivity contribution < 1.29 is 18.7 Å². The number of methoxy groups -OCH3 is 1. The Morgan fingerprint density at radius 2 is 2.09 bits per heavy atom. The van der Waals surface area contributed by atoms with E-state index in [-0.39, 0.29) is 23.3 Å². The molecule has 0 saturated heterocycles. The van der Waals surface area contributed by atoms with E-state index in [0.717, 1.165) is 11.6 Å². The second kappa shape index (κ2) is 7.58. The largest absolute Gasteiger partial charge is 0.494 e. The summed E-state index contributed by atoms with van der Waals surface area (Å²) in [5, 5.41) is 2.71. The van der Waals surface area contributed by atoms with Crippen LogP contribution >= 0.6 is 0 Å². The molecular formula is C17H19FN2O3. The number of ether oxygens (including phenoxy) is 2. The minimum absolute atomic E-state index is 0.0537. The summed E-state index contributed by atoms with van der Waals surface area (Å²) in [6.45, 7) is 4.13. The van der Waals surface area contributed by atoms with Crippen LogP contribution in [0.25, 0.3) is 0 Å². The number of pyridine rings is 1. The number of halogens is 1. The topological polar surface area (TPSA) is 60.5 Å². The maximum Gasteiger partial charge on any atom is 0.251 e. The summed E-state index contributed by atoms with van der Waals surface area (Å²) < 4.78 is 23.9. The molecule has 0 aliphatic carbocycles. The Morgan fingerprint density at radius 3 is 2.65 bits per heavy atom. The second-order valence-corrected chi connectivity index (χ2v) is 5.20. The van der Waals surface area contributed by atoms with Crippen molar-refractivity contribution in [3.8, 4) is 11.6 Å². The molecule has 0 aliphatic rings. The lowest BCUT2D eigenvalue weighted by atomic mass is 10.2. The first-order valence-corrected chi connectivity index (χ1v) is 7.23. The molecular weight excluding hydrogens is 299 g/mol. The number of benzene rings is 1. The number of nitrogens with zero attached hydrogens (tertiary/aromatic N) is 1. The lowest BCUT2D eigenvalue weighted by Gasteiger charge is -2.10. The van der Waals surface area contributed by atoms with Crippen molar-refractivity contribution in [1.82, 2.24) is 10.3 Å². The molecule has 0 saturated carbocycles. The monoisotopic (exact) mass is 318 g/mol. The van der Waals surface area contributed by atoms with Gasteiger partial charge in [-0.15, -0.1) is 0 Å². The van der Waals surface area contributed by atoms with Gasteiger partial charge in [-0.2, -0.15) is 0 Å². The summed E-state index contributed by atoms with van der Waals surface area (Å²) in [6.07, 6.45) is 1.69. The minimum Gasteiger partial charge on any atom is -0.494 e. The molecule has 1 N–H and O–H groups in total. The molecule has 0 unspecified atom stereocenters. The van der Waals surface area contributed by atoms with Gasteiger partial charge in [-0.05, 0) is 37.6 Å².